The van der Waals surface area contributed by atoms with Crippen molar-refractivity contribution < 1.29 is 14.4 Å². The van der Waals surface area contributed by atoms with E-state index in [9.17, 15) is 14.4 Å². The van der Waals surface area contributed by atoms with Crippen molar-refractivity contribution in [1.82, 2.24) is 14.7 Å². The monoisotopic (exact) mass is 447 g/mol. The van der Waals surface area contributed by atoms with E-state index < -0.39 is 11.8 Å². The summed E-state index contributed by atoms with van der Waals surface area (Å²) in [5.41, 5.74) is 1.66. The van der Waals surface area contributed by atoms with Gasteiger partial charge < -0.3 is 24.9 Å². The molecule has 0 spiro atoms. The lowest BCUT2D eigenvalue weighted by Gasteiger charge is -2.35. The normalized spacial score (nSPS) is 19.5. The molecule has 1 N–H and O–H groups in total. The number of piperazine rings is 1. The van der Waals surface area contributed by atoms with E-state index in [0.29, 0.717) is 50.0 Å². The number of nitrogens with one attached hydrogen (secondary N) is 1. The van der Waals surface area contributed by atoms with Crippen molar-refractivity contribution in [2.75, 3.05) is 62.6 Å². The van der Waals surface area contributed by atoms with Gasteiger partial charge in [0.1, 0.15) is 0 Å². The topological polar surface area (TPSA) is 76.2 Å². The standard InChI is InChI=1S/C22H30ClN5O3/c23-18-16-17(6-7-19(18)25-8-2-1-3-9-25)24-22(31)28-14-12-27(13-15-28)21(30)20(29)26-10-4-5-11-26/h6-7,16H,1-5,8-15H2,(H,24,31). The van der Waals surface area contributed by atoms with E-state index in [4.69, 9.17) is 11.6 Å². The van der Waals surface area contributed by atoms with Crippen LogP contribution in [0.25, 0.3) is 0 Å². The van der Waals surface area contributed by atoms with Gasteiger partial charge in [-0.25, -0.2) is 4.79 Å². The molecule has 3 heterocycles. The molecular weight excluding hydrogens is 418 g/mol. The first kappa shape index (κ1) is 21.7. The molecule has 0 aromatic heterocycles. The maximum Gasteiger partial charge on any atom is 0.321 e. The van der Waals surface area contributed by atoms with E-state index in [1.165, 1.54) is 19.3 Å². The van der Waals surface area contributed by atoms with Crippen LogP contribution in [0.15, 0.2) is 18.2 Å². The molecule has 3 saturated heterocycles. The molecule has 8 nitrogen and oxygen atoms in total. The number of anilines is 2. The molecule has 31 heavy (non-hydrogen) atoms. The fraction of sp³-hybridized carbons (Fsp3) is 0.591. The number of benzene rings is 1. The second-order valence-corrected chi connectivity index (χ2v) is 8.83. The molecule has 168 valence electrons. The Morgan fingerprint density at radius 2 is 1.26 bits per heavy atom. The Balaban J connectivity index is 1.28. The minimum Gasteiger partial charge on any atom is -0.370 e. The Hall–Kier alpha value is -2.48. The van der Waals surface area contributed by atoms with Crippen LogP contribution in [0.5, 0.6) is 0 Å². The molecule has 0 atom stereocenters. The molecule has 0 unspecified atom stereocenters. The number of nitrogens with zero attached hydrogens (tertiary/aromatic N) is 4. The Morgan fingerprint density at radius 1 is 0.710 bits per heavy atom. The number of carbonyl (C=O) groups is 3. The van der Waals surface area contributed by atoms with Crippen molar-refractivity contribution in [2.45, 2.75) is 32.1 Å². The fourth-order valence-electron chi connectivity index (χ4n) is 4.48. The van der Waals surface area contributed by atoms with Crippen LogP contribution in [0.3, 0.4) is 0 Å². The number of hydrogen-bond donors (Lipinski definition) is 1. The lowest BCUT2D eigenvalue weighted by atomic mass is 10.1. The maximum atomic E-state index is 12.7. The van der Waals surface area contributed by atoms with Crippen LogP contribution in [0.1, 0.15) is 32.1 Å². The van der Waals surface area contributed by atoms with Crippen molar-refractivity contribution in [3.05, 3.63) is 23.2 Å². The quantitative estimate of drug-likeness (QED) is 0.707. The first-order chi connectivity index (χ1) is 15.0. The van der Waals surface area contributed by atoms with Gasteiger partial charge >= 0.3 is 17.8 Å². The number of rotatable bonds is 2. The number of likely N-dealkylation sites (tertiary alicyclic amines) is 1. The first-order valence-electron chi connectivity index (χ1n) is 11.2. The van der Waals surface area contributed by atoms with Crippen LogP contribution in [-0.2, 0) is 9.59 Å². The Kier molecular flexibility index (Phi) is 6.85. The molecule has 1 aromatic rings. The van der Waals surface area contributed by atoms with Crippen molar-refractivity contribution in [3.8, 4) is 0 Å². The summed E-state index contributed by atoms with van der Waals surface area (Å²) in [5.74, 6) is -0.874. The third-order valence-electron chi connectivity index (χ3n) is 6.33. The summed E-state index contributed by atoms with van der Waals surface area (Å²) in [4.78, 5) is 44.5. The highest BCUT2D eigenvalue weighted by molar-refractivity contribution is 6.35. The summed E-state index contributed by atoms with van der Waals surface area (Å²) < 4.78 is 0. The van der Waals surface area contributed by atoms with Gasteiger partial charge in [-0.2, -0.15) is 0 Å². The van der Waals surface area contributed by atoms with Gasteiger partial charge in [0.05, 0.1) is 10.7 Å². The Bertz CT molecular complexity index is 828. The van der Waals surface area contributed by atoms with Gasteiger partial charge in [-0.1, -0.05) is 11.6 Å². The molecule has 3 aliphatic heterocycles. The third-order valence-corrected chi connectivity index (χ3v) is 6.63. The Labute approximate surface area is 188 Å². The summed E-state index contributed by atoms with van der Waals surface area (Å²) in [6, 6.07) is 5.41. The summed E-state index contributed by atoms with van der Waals surface area (Å²) >= 11 is 6.48. The Morgan fingerprint density at radius 3 is 1.87 bits per heavy atom. The third kappa shape index (κ3) is 5.06. The van der Waals surface area contributed by atoms with Gasteiger partial charge in [0.2, 0.25) is 0 Å². The number of carbonyl (C=O) groups excluding carboxylic acids is 3. The minimum atomic E-state index is -0.456. The first-order valence-corrected chi connectivity index (χ1v) is 11.6. The summed E-state index contributed by atoms with van der Waals surface area (Å²) in [5, 5.41) is 3.53. The summed E-state index contributed by atoms with van der Waals surface area (Å²) in [6.45, 7) is 4.84. The molecule has 3 fully saturated rings. The maximum absolute atomic E-state index is 12.7. The predicted octanol–water partition coefficient (Wildman–Crippen LogP) is 2.63. The highest BCUT2D eigenvalue weighted by Gasteiger charge is 2.31. The van der Waals surface area contributed by atoms with Gasteiger partial charge in [0.15, 0.2) is 0 Å². The van der Waals surface area contributed by atoms with Gasteiger partial charge in [0, 0.05) is 58.0 Å². The van der Waals surface area contributed by atoms with Gasteiger partial charge in [0.25, 0.3) is 0 Å². The van der Waals surface area contributed by atoms with Gasteiger partial charge in [-0.3, -0.25) is 9.59 Å². The lowest BCUT2D eigenvalue weighted by Crippen LogP contribution is -2.54. The number of piperidine rings is 1. The van der Waals surface area contributed by atoms with Crippen LogP contribution in [-0.4, -0.2) is 84.9 Å². The molecule has 4 rings (SSSR count). The molecule has 0 bridgehead atoms. The number of urea groups is 1. The SMILES string of the molecule is O=C(Nc1ccc(N2CCCCC2)c(Cl)c1)N1CCN(C(=O)C(=O)N2CCCC2)CC1. The molecular formula is C22H30ClN5O3. The van der Waals surface area contributed by atoms with E-state index >= 15 is 0 Å². The zero-order valence-electron chi connectivity index (χ0n) is 17.8. The molecule has 4 amide bonds. The van der Waals surface area contributed by atoms with Gasteiger partial charge in [-0.05, 0) is 50.3 Å². The van der Waals surface area contributed by atoms with Crippen molar-refractivity contribution in [1.29, 1.82) is 0 Å². The minimum absolute atomic E-state index is 0.222. The van der Waals surface area contributed by atoms with Crippen molar-refractivity contribution >= 4 is 40.8 Å². The second kappa shape index (κ2) is 9.77. The van der Waals surface area contributed by atoms with Crippen molar-refractivity contribution in [2.24, 2.45) is 0 Å². The van der Waals surface area contributed by atoms with Crippen molar-refractivity contribution in [3.63, 3.8) is 0 Å². The summed E-state index contributed by atoms with van der Waals surface area (Å²) in [6.07, 6.45) is 5.51. The average Bonchev–Trinajstić information content (AvgIpc) is 3.34. The average molecular weight is 448 g/mol. The van der Waals surface area contributed by atoms with Crippen LogP contribution in [0.2, 0.25) is 5.02 Å². The van der Waals surface area contributed by atoms with E-state index in [-0.39, 0.29) is 6.03 Å². The highest BCUT2D eigenvalue weighted by atomic mass is 35.5. The van der Waals surface area contributed by atoms with E-state index in [0.717, 1.165) is 31.6 Å². The van der Waals surface area contributed by atoms with Crippen LogP contribution >= 0.6 is 11.6 Å². The molecule has 3 aliphatic rings. The molecule has 1 aromatic carbocycles. The molecule has 9 heteroatoms. The zero-order valence-corrected chi connectivity index (χ0v) is 18.6. The number of halogens is 1. The summed E-state index contributed by atoms with van der Waals surface area (Å²) in [7, 11) is 0. The van der Waals surface area contributed by atoms with E-state index in [1.807, 2.05) is 12.1 Å². The number of amides is 4. The largest absolute Gasteiger partial charge is 0.370 e. The van der Waals surface area contributed by atoms with Crippen LogP contribution in [0.4, 0.5) is 16.2 Å². The predicted molar refractivity (Wildman–Crippen MR) is 121 cm³/mol. The number of hydrogen-bond acceptors (Lipinski definition) is 4. The molecule has 0 aliphatic carbocycles. The lowest BCUT2D eigenvalue weighted by molar-refractivity contribution is -0.152. The van der Waals surface area contributed by atoms with Crippen LogP contribution in [0, 0.1) is 0 Å². The molecule has 0 saturated carbocycles. The molecule has 0 radical (unpaired) electrons. The van der Waals surface area contributed by atoms with Crippen LogP contribution < -0.4 is 10.2 Å². The van der Waals surface area contributed by atoms with E-state index in [1.54, 1.807) is 20.8 Å². The van der Waals surface area contributed by atoms with Gasteiger partial charge in [-0.15, -0.1) is 0 Å². The second-order valence-electron chi connectivity index (χ2n) is 8.42. The fourth-order valence-corrected chi connectivity index (χ4v) is 4.78. The van der Waals surface area contributed by atoms with E-state index in [2.05, 4.69) is 10.2 Å². The highest BCUT2D eigenvalue weighted by Crippen LogP contribution is 2.31. The smallest absolute Gasteiger partial charge is 0.321 e. The zero-order chi connectivity index (χ0) is 21.8.